The first-order valence-electron chi connectivity index (χ1n) is 6.46. The fourth-order valence-corrected chi connectivity index (χ4v) is 2.19. The topological polar surface area (TPSA) is 38.9 Å². The van der Waals surface area contributed by atoms with E-state index in [-0.39, 0.29) is 5.82 Å². The predicted molar refractivity (Wildman–Crippen MR) is 69.0 cm³/mol. The van der Waals surface area contributed by atoms with Gasteiger partial charge in [0.2, 0.25) is 0 Å². The molecule has 1 atom stereocenters. The summed E-state index contributed by atoms with van der Waals surface area (Å²) in [5, 5.41) is 0. The van der Waals surface area contributed by atoms with Crippen molar-refractivity contribution in [3.63, 3.8) is 0 Å². The average Bonchev–Trinajstić information content (AvgIpc) is 2.36. The second-order valence-electron chi connectivity index (χ2n) is 4.76. The van der Waals surface area contributed by atoms with Gasteiger partial charge in [-0.3, -0.25) is 4.98 Å². The van der Waals surface area contributed by atoms with Gasteiger partial charge in [0, 0.05) is 0 Å². The van der Waals surface area contributed by atoms with Crippen molar-refractivity contribution in [3.8, 4) is 0 Å². The third-order valence-electron chi connectivity index (χ3n) is 3.68. The summed E-state index contributed by atoms with van der Waals surface area (Å²) in [6, 6.07) is 3.15. The van der Waals surface area contributed by atoms with Crippen LogP contribution in [0.5, 0.6) is 0 Å². The molecule has 17 heavy (non-hydrogen) atoms. The SMILES string of the molecule is CCC(CC)CC(N)(CC)c1ccc(F)cn1. The minimum atomic E-state index is -0.426. The Labute approximate surface area is 103 Å². The van der Waals surface area contributed by atoms with Crippen molar-refractivity contribution in [2.75, 3.05) is 0 Å². The van der Waals surface area contributed by atoms with Crippen LogP contribution in [0.25, 0.3) is 0 Å². The molecule has 2 N–H and O–H groups in total. The highest BCUT2D eigenvalue weighted by Gasteiger charge is 2.29. The molecular weight excluding hydrogens is 215 g/mol. The average molecular weight is 238 g/mol. The van der Waals surface area contributed by atoms with Gasteiger partial charge in [0.05, 0.1) is 17.4 Å². The van der Waals surface area contributed by atoms with E-state index < -0.39 is 5.54 Å². The zero-order valence-electron chi connectivity index (χ0n) is 11.0. The van der Waals surface area contributed by atoms with Crippen molar-refractivity contribution in [1.29, 1.82) is 0 Å². The molecule has 1 unspecified atom stereocenters. The van der Waals surface area contributed by atoms with E-state index in [9.17, 15) is 4.39 Å². The largest absolute Gasteiger partial charge is 0.320 e. The van der Waals surface area contributed by atoms with E-state index in [1.807, 2.05) is 0 Å². The van der Waals surface area contributed by atoms with E-state index in [1.54, 1.807) is 6.07 Å². The van der Waals surface area contributed by atoms with Gasteiger partial charge in [-0.2, -0.15) is 0 Å². The highest BCUT2D eigenvalue weighted by Crippen LogP contribution is 2.30. The molecule has 0 amide bonds. The second-order valence-corrected chi connectivity index (χ2v) is 4.76. The highest BCUT2D eigenvalue weighted by molar-refractivity contribution is 5.15. The molecule has 0 radical (unpaired) electrons. The maximum atomic E-state index is 12.9. The Balaban J connectivity index is 2.90. The summed E-state index contributed by atoms with van der Waals surface area (Å²) < 4.78 is 12.9. The van der Waals surface area contributed by atoms with Crippen LogP contribution in [0, 0.1) is 11.7 Å². The van der Waals surface area contributed by atoms with Gasteiger partial charge in [0.15, 0.2) is 0 Å². The molecule has 3 heteroatoms. The van der Waals surface area contributed by atoms with Crippen LogP contribution in [-0.4, -0.2) is 4.98 Å². The van der Waals surface area contributed by atoms with Gasteiger partial charge in [0.1, 0.15) is 5.82 Å². The number of nitrogens with two attached hydrogens (primary N) is 1. The van der Waals surface area contributed by atoms with Gasteiger partial charge in [-0.25, -0.2) is 4.39 Å². The van der Waals surface area contributed by atoms with Crippen LogP contribution in [-0.2, 0) is 5.54 Å². The van der Waals surface area contributed by atoms with Crippen LogP contribution in [0.15, 0.2) is 18.3 Å². The van der Waals surface area contributed by atoms with Crippen LogP contribution in [0.3, 0.4) is 0 Å². The normalized spacial score (nSPS) is 14.9. The first kappa shape index (κ1) is 14.1. The standard InChI is InChI=1S/C14H23FN2/c1-4-11(5-2)9-14(16,6-3)13-8-7-12(15)10-17-13/h7-8,10-11H,4-6,9,16H2,1-3H3. The summed E-state index contributed by atoms with van der Waals surface area (Å²) in [5.41, 5.74) is 6.81. The Bertz CT molecular complexity index is 333. The third kappa shape index (κ3) is 3.50. The molecule has 0 saturated heterocycles. The molecule has 0 aromatic carbocycles. The predicted octanol–water partition coefficient (Wildman–Crippen LogP) is 3.61. The molecule has 1 aromatic heterocycles. The molecule has 96 valence electrons. The summed E-state index contributed by atoms with van der Waals surface area (Å²) in [7, 11) is 0. The number of rotatable bonds is 6. The van der Waals surface area contributed by atoms with Crippen molar-refractivity contribution in [2.24, 2.45) is 11.7 Å². The molecule has 0 fully saturated rings. The highest BCUT2D eigenvalue weighted by atomic mass is 19.1. The molecule has 1 rings (SSSR count). The molecular formula is C14H23FN2. The molecule has 0 spiro atoms. The molecule has 1 aromatic rings. The van der Waals surface area contributed by atoms with E-state index >= 15 is 0 Å². The maximum Gasteiger partial charge on any atom is 0.141 e. The van der Waals surface area contributed by atoms with E-state index in [0.29, 0.717) is 5.92 Å². The summed E-state index contributed by atoms with van der Waals surface area (Å²) in [4.78, 5) is 4.14. The minimum Gasteiger partial charge on any atom is -0.320 e. The molecule has 0 aliphatic rings. The quantitative estimate of drug-likeness (QED) is 0.822. The molecule has 1 heterocycles. The Morgan fingerprint density at radius 3 is 2.35 bits per heavy atom. The summed E-state index contributed by atoms with van der Waals surface area (Å²) >= 11 is 0. The van der Waals surface area contributed by atoms with Gasteiger partial charge in [-0.05, 0) is 30.9 Å². The van der Waals surface area contributed by atoms with Crippen molar-refractivity contribution in [3.05, 3.63) is 29.8 Å². The van der Waals surface area contributed by atoms with Crippen LogP contribution in [0.2, 0.25) is 0 Å². The summed E-state index contributed by atoms with van der Waals surface area (Å²) in [6.45, 7) is 6.43. The first-order valence-corrected chi connectivity index (χ1v) is 6.46. The van der Waals surface area contributed by atoms with Gasteiger partial charge in [0.25, 0.3) is 0 Å². The van der Waals surface area contributed by atoms with Gasteiger partial charge >= 0.3 is 0 Å². The lowest BCUT2D eigenvalue weighted by molar-refractivity contribution is 0.292. The number of hydrogen-bond acceptors (Lipinski definition) is 2. The molecule has 0 aliphatic carbocycles. The van der Waals surface area contributed by atoms with Crippen LogP contribution in [0.4, 0.5) is 4.39 Å². The Morgan fingerprint density at radius 2 is 1.94 bits per heavy atom. The zero-order chi connectivity index (χ0) is 12.9. The Kier molecular flexibility index (Phi) is 5.06. The van der Waals surface area contributed by atoms with Crippen molar-refractivity contribution >= 4 is 0 Å². The van der Waals surface area contributed by atoms with E-state index in [2.05, 4.69) is 25.8 Å². The number of halogens is 1. The van der Waals surface area contributed by atoms with Crippen molar-refractivity contribution in [1.82, 2.24) is 4.98 Å². The first-order chi connectivity index (χ1) is 8.05. The van der Waals surface area contributed by atoms with Gasteiger partial charge < -0.3 is 5.73 Å². The Morgan fingerprint density at radius 1 is 1.29 bits per heavy atom. The van der Waals surface area contributed by atoms with Crippen LogP contribution < -0.4 is 5.73 Å². The maximum absolute atomic E-state index is 12.9. The van der Waals surface area contributed by atoms with E-state index in [0.717, 1.165) is 31.4 Å². The number of nitrogens with zero attached hydrogens (tertiary/aromatic N) is 1. The monoisotopic (exact) mass is 238 g/mol. The van der Waals surface area contributed by atoms with E-state index in [1.165, 1.54) is 12.3 Å². The lowest BCUT2D eigenvalue weighted by Gasteiger charge is -2.31. The summed E-state index contributed by atoms with van der Waals surface area (Å²) in [5.74, 6) is 0.293. The van der Waals surface area contributed by atoms with Crippen LogP contribution in [0.1, 0.15) is 52.1 Å². The number of hydrogen-bond donors (Lipinski definition) is 1. The molecule has 0 aliphatic heterocycles. The fraction of sp³-hybridized carbons (Fsp3) is 0.643. The zero-order valence-corrected chi connectivity index (χ0v) is 11.0. The van der Waals surface area contributed by atoms with E-state index in [4.69, 9.17) is 5.73 Å². The summed E-state index contributed by atoms with van der Waals surface area (Å²) in [6.07, 6.45) is 5.23. The van der Waals surface area contributed by atoms with Crippen LogP contribution >= 0.6 is 0 Å². The van der Waals surface area contributed by atoms with Gasteiger partial charge in [-0.1, -0.05) is 33.6 Å². The lowest BCUT2D eigenvalue weighted by atomic mass is 9.81. The molecule has 2 nitrogen and oxygen atoms in total. The van der Waals surface area contributed by atoms with Crippen molar-refractivity contribution < 1.29 is 4.39 Å². The number of pyridine rings is 1. The fourth-order valence-electron chi connectivity index (χ4n) is 2.19. The number of aromatic nitrogens is 1. The minimum absolute atomic E-state index is 0.310. The smallest absolute Gasteiger partial charge is 0.141 e. The second kappa shape index (κ2) is 6.10. The van der Waals surface area contributed by atoms with Crippen molar-refractivity contribution in [2.45, 2.75) is 52.0 Å². The third-order valence-corrected chi connectivity index (χ3v) is 3.68. The molecule has 0 bridgehead atoms. The van der Waals surface area contributed by atoms with Gasteiger partial charge in [-0.15, -0.1) is 0 Å². The molecule has 0 saturated carbocycles. The Hall–Kier alpha value is -0.960. The lowest BCUT2D eigenvalue weighted by Crippen LogP contribution is -2.39.